The highest BCUT2D eigenvalue weighted by atomic mass is 32.2. The second-order valence-corrected chi connectivity index (χ2v) is 6.16. The Labute approximate surface area is 98.3 Å². The van der Waals surface area contributed by atoms with Gasteiger partial charge in [0.1, 0.15) is 0 Å². The first-order valence-electron chi connectivity index (χ1n) is 4.91. The van der Waals surface area contributed by atoms with Gasteiger partial charge in [-0.2, -0.15) is 0 Å². The molecule has 0 aromatic carbocycles. The number of aromatic nitrogens is 3. The number of nitrogen functional groups attached to an aromatic ring is 1. The van der Waals surface area contributed by atoms with E-state index in [1.165, 1.54) is 13.8 Å². The number of sulfone groups is 1. The molecular formula is C8H14N4O4S. The van der Waals surface area contributed by atoms with Crippen LogP contribution in [0.25, 0.3) is 0 Å². The molecular weight excluding hydrogens is 248 g/mol. The van der Waals surface area contributed by atoms with E-state index < -0.39 is 21.1 Å². The third-order valence-electron chi connectivity index (χ3n) is 2.17. The summed E-state index contributed by atoms with van der Waals surface area (Å²) >= 11 is 0. The average Bonchev–Trinajstić information content (AvgIpc) is 2.57. The second-order valence-electron chi connectivity index (χ2n) is 3.74. The van der Waals surface area contributed by atoms with E-state index in [4.69, 9.17) is 10.8 Å². The van der Waals surface area contributed by atoms with Crippen molar-refractivity contribution < 1.29 is 18.3 Å². The Balaban J connectivity index is 3.03. The number of carboxylic acid groups (broad SMARTS) is 1. The van der Waals surface area contributed by atoms with Crippen molar-refractivity contribution in [2.24, 2.45) is 0 Å². The lowest BCUT2D eigenvalue weighted by Gasteiger charge is -2.05. The van der Waals surface area contributed by atoms with Crippen LogP contribution in [-0.2, 0) is 21.2 Å². The molecule has 0 saturated heterocycles. The number of aliphatic carboxylic acids is 1. The fraction of sp³-hybridized carbons (Fsp3) is 0.625. The van der Waals surface area contributed by atoms with Crippen LogP contribution >= 0.6 is 0 Å². The molecule has 0 atom stereocenters. The van der Waals surface area contributed by atoms with Crippen molar-refractivity contribution in [3.63, 3.8) is 0 Å². The third-order valence-corrected chi connectivity index (χ3v) is 4.24. The van der Waals surface area contributed by atoms with Gasteiger partial charge in [-0.25, -0.2) is 13.1 Å². The zero-order valence-electron chi connectivity index (χ0n) is 9.49. The largest absolute Gasteiger partial charge is 0.481 e. The van der Waals surface area contributed by atoms with Crippen molar-refractivity contribution in [3.05, 3.63) is 0 Å². The van der Waals surface area contributed by atoms with Gasteiger partial charge in [0, 0.05) is 0 Å². The molecule has 0 aliphatic heterocycles. The Kier molecular flexibility index (Phi) is 3.71. The summed E-state index contributed by atoms with van der Waals surface area (Å²) in [6, 6.07) is 0. The van der Waals surface area contributed by atoms with Crippen LogP contribution in [0.2, 0.25) is 0 Å². The van der Waals surface area contributed by atoms with Gasteiger partial charge in [-0.3, -0.25) is 4.79 Å². The van der Waals surface area contributed by atoms with Crippen LogP contribution in [0.15, 0.2) is 5.03 Å². The van der Waals surface area contributed by atoms with Gasteiger partial charge in [0.05, 0.1) is 18.2 Å². The van der Waals surface area contributed by atoms with Crippen LogP contribution in [0.1, 0.15) is 20.3 Å². The van der Waals surface area contributed by atoms with Crippen LogP contribution in [0.4, 0.5) is 5.82 Å². The van der Waals surface area contributed by atoms with Crippen LogP contribution in [0.3, 0.4) is 0 Å². The van der Waals surface area contributed by atoms with Gasteiger partial charge in [0.15, 0.2) is 5.82 Å². The summed E-state index contributed by atoms with van der Waals surface area (Å²) in [5, 5.41) is 14.6. The summed E-state index contributed by atoms with van der Waals surface area (Å²) in [6.07, 6.45) is -0.200. The molecule has 0 radical (unpaired) electrons. The van der Waals surface area contributed by atoms with Crippen LogP contribution in [-0.4, -0.2) is 39.7 Å². The highest BCUT2D eigenvalue weighted by molar-refractivity contribution is 7.92. The molecule has 0 fully saturated rings. The zero-order valence-corrected chi connectivity index (χ0v) is 10.3. The van der Waals surface area contributed by atoms with Crippen LogP contribution in [0.5, 0.6) is 0 Å². The molecule has 0 saturated carbocycles. The minimum Gasteiger partial charge on any atom is -0.481 e. The Morgan fingerprint density at radius 2 is 2.12 bits per heavy atom. The molecule has 1 rings (SSSR count). The Morgan fingerprint density at radius 3 is 2.59 bits per heavy atom. The van der Waals surface area contributed by atoms with Gasteiger partial charge in [-0.05, 0) is 13.8 Å². The highest BCUT2D eigenvalue weighted by Gasteiger charge is 2.27. The summed E-state index contributed by atoms with van der Waals surface area (Å²) in [5.74, 6) is -1.15. The Morgan fingerprint density at radius 1 is 1.53 bits per heavy atom. The molecule has 1 heterocycles. The lowest BCUT2D eigenvalue weighted by molar-refractivity contribution is -0.137. The molecule has 0 bridgehead atoms. The molecule has 0 amide bonds. The summed E-state index contributed by atoms with van der Waals surface area (Å²) in [6.45, 7) is 3.00. The zero-order chi connectivity index (χ0) is 13.2. The summed E-state index contributed by atoms with van der Waals surface area (Å²) in [7, 11) is -3.59. The van der Waals surface area contributed by atoms with E-state index in [9.17, 15) is 13.2 Å². The van der Waals surface area contributed by atoms with E-state index in [-0.39, 0.29) is 23.8 Å². The lowest BCUT2D eigenvalue weighted by Crippen LogP contribution is -2.17. The molecule has 0 unspecified atom stereocenters. The van der Waals surface area contributed by atoms with Crippen molar-refractivity contribution in [3.8, 4) is 0 Å². The number of nitrogens with two attached hydrogens (primary N) is 1. The maximum absolute atomic E-state index is 11.8. The number of carboxylic acids is 1. The minimum atomic E-state index is -3.59. The van der Waals surface area contributed by atoms with E-state index in [2.05, 4.69) is 10.3 Å². The van der Waals surface area contributed by atoms with Gasteiger partial charge < -0.3 is 10.8 Å². The molecule has 0 spiro atoms. The van der Waals surface area contributed by atoms with Gasteiger partial charge in [0.25, 0.3) is 0 Å². The topological polar surface area (TPSA) is 128 Å². The molecule has 3 N–H and O–H groups in total. The first-order chi connectivity index (χ1) is 7.76. The number of carbonyl (C=O) groups is 1. The second kappa shape index (κ2) is 4.70. The van der Waals surface area contributed by atoms with Crippen molar-refractivity contribution in [1.29, 1.82) is 0 Å². The lowest BCUT2D eigenvalue weighted by atomic mass is 10.4. The summed E-state index contributed by atoms with van der Waals surface area (Å²) < 4.78 is 24.7. The van der Waals surface area contributed by atoms with Crippen molar-refractivity contribution in [1.82, 2.24) is 15.0 Å². The van der Waals surface area contributed by atoms with Crippen molar-refractivity contribution in [2.45, 2.75) is 37.1 Å². The number of aryl methyl sites for hydroxylation is 1. The number of hydrogen-bond donors (Lipinski definition) is 2. The highest BCUT2D eigenvalue weighted by Crippen LogP contribution is 2.19. The molecule has 0 aliphatic carbocycles. The normalized spacial score (nSPS) is 11.9. The number of rotatable bonds is 5. The SMILES string of the molecule is CC(C)S(=O)(=O)c1nnn(CCC(=O)O)c1N. The average molecular weight is 262 g/mol. The maximum atomic E-state index is 11.8. The van der Waals surface area contributed by atoms with E-state index in [1.54, 1.807) is 0 Å². The predicted octanol–water partition coefficient (Wildman–Crippen LogP) is -0.483. The molecule has 1 aromatic heterocycles. The maximum Gasteiger partial charge on any atom is 0.305 e. The van der Waals surface area contributed by atoms with E-state index in [1.807, 2.05) is 0 Å². The quantitative estimate of drug-likeness (QED) is 0.733. The fourth-order valence-electron chi connectivity index (χ4n) is 1.10. The predicted molar refractivity (Wildman–Crippen MR) is 59.0 cm³/mol. The first-order valence-corrected chi connectivity index (χ1v) is 6.46. The molecule has 8 nitrogen and oxygen atoms in total. The number of nitrogens with zero attached hydrogens (tertiary/aromatic N) is 3. The Hall–Kier alpha value is -1.64. The van der Waals surface area contributed by atoms with Gasteiger partial charge in [0.2, 0.25) is 14.9 Å². The van der Waals surface area contributed by atoms with E-state index in [0.29, 0.717) is 0 Å². The van der Waals surface area contributed by atoms with E-state index >= 15 is 0 Å². The van der Waals surface area contributed by atoms with Gasteiger partial charge in [-0.1, -0.05) is 5.21 Å². The van der Waals surface area contributed by atoms with Crippen LogP contribution in [0, 0.1) is 0 Å². The number of hydrogen-bond acceptors (Lipinski definition) is 6. The minimum absolute atomic E-state index is 0.0121. The molecule has 1 aromatic rings. The summed E-state index contributed by atoms with van der Waals surface area (Å²) in [4.78, 5) is 10.4. The molecule has 0 aliphatic rings. The number of anilines is 1. The molecule has 17 heavy (non-hydrogen) atoms. The Bertz CT molecular complexity index is 520. The monoisotopic (exact) mass is 262 g/mol. The first kappa shape index (κ1) is 13.4. The standard InChI is InChI=1S/C8H14N4O4S/c1-5(2)17(15,16)8-7(9)12(11-10-8)4-3-6(13)14/h5H,3-4,9H2,1-2H3,(H,13,14). The third kappa shape index (κ3) is 2.73. The molecule has 9 heteroatoms. The smallest absolute Gasteiger partial charge is 0.305 e. The van der Waals surface area contributed by atoms with Crippen molar-refractivity contribution in [2.75, 3.05) is 5.73 Å². The van der Waals surface area contributed by atoms with Gasteiger partial charge in [-0.15, -0.1) is 5.10 Å². The fourth-order valence-corrected chi connectivity index (χ4v) is 2.09. The van der Waals surface area contributed by atoms with Crippen LogP contribution < -0.4 is 5.73 Å². The summed E-state index contributed by atoms with van der Waals surface area (Å²) in [5.41, 5.74) is 5.58. The van der Waals surface area contributed by atoms with E-state index in [0.717, 1.165) is 4.68 Å². The van der Waals surface area contributed by atoms with Crippen molar-refractivity contribution >= 4 is 21.6 Å². The molecule has 96 valence electrons. The van der Waals surface area contributed by atoms with Gasteiger partial charge >= 0.3 is 5.97 Å².